The molecule has 0 aromatic heterocycles. The van der Waals surface area contributed by atoms with Gasteiger partial charge < -0.3 is 23.9 Å². The fourth-order valence-electron chi connectivity index (χ4n) is 1.06. The predicted octanol–water partition coefficient (Wildman–Crippen LogP) is 0.104. The van der Waals surface area contributed by atoms with Crippen LogP contribution in [0, 0.1) is 13.0 Å². The van der Waals surface area contributed by atoms with Crippen LogP contribution in [-0.2, 0) is 0 Å². The molecule has 2 aromatic carbocycles. The van der Waals surface area contributed by atoms with E-state index in [1.807, 2.05) is 24.3 Å². The minimum Gasteiger partial charge on any atom is -1.00 e. The van der Waals surface area contributed by atoms with Crippen LogP contribution in [0.15, 0.2) is 42.5 Å². The van der Waals surface area contributed by atoms with Gasteiger partial charge >= 0.3 is 23.1 Å². The van der Waals surface area contributed by atoms with Crippen molar-refractivity contribution < 1.29 is 17.0 Å². The van der Waals surface area contributed by atoms with Gasteiger partial charge in [0.25, 0.3) is 0 Å². The summed E-state index contributed by atoms with van der Waals surface area (Å²) in [5.41, 5.74) is 0. The van der Waals surface area contributed by atoms with Crippen molar-refractivity contribution in [1.82, 2.24) is 0 Å². The van der Waals surface area contributed by atoms with Gasteiger partial charge in [-0.2, -0.15) is 6.92 Å². The zero-order chi connectivity index (χ0) is 8.81. The molecule has 0 N–H and O–H groups in total. The Kier molecular flexibility index (Phi) is 11.1. The molecule has 2 aromatic rings. The van der Waals surface area contributed by atoms with Crippen LogP contribution in [-0.4, -0.2) is 23.1 Å². The molecule has 0 amide bonds. The van der Waals surface area contributed by atoms with Crippen LogP contribution in [0.1, 0.15) is 6.92 Å². The van der Waals surface area contributed by atoms with Gasteiger partial charge in [0.2, 0.25) is 0 Å². The molecule has 0 saturated heterocycles. The summed E-state index contributed by atoms with van der Waals surface area (Å²) in [6.45, 7) is 5.00. The Morgan fingerprint density at radius 2 is 1.57 bits per heavy atom. The number of hydrogen-bond donors (Lipinski definition) is 0. The maximum Gasteiger partial charge on any atom is 2.00 e. The Morgan fingerprint density at radius 3 is 2.21 bits per heavy atom. The Balaban J connectivity index is 0. The molecule has 0 bridgehead atoms. The first-order chi connectivity index (χ1) is 5.97. The zero-order valence-corrected chi connectivity index (χ0v) is 11.3. The van der Waals surface area contributed by atoms with E-state index in [2.05, 4.69) is 31.2 Å². The van der Waals surface area contributed by atoms with Gasteiger partial charge in [-0.15, -0.1) is 47.2 Å². The number of hydrogen-bond acceptors (Lipinski definition) is 0. The van der Waals surface area contributed by atoms with Gasteiger partial charge in [0.1, 0.15) is 0 Å². The number of fused-ring (bicyclic) bond motifs is 1. The van der Waals surface area contributed by atoms with Crippen LogP contribution >= 0.6 is 0 Å². The second-order valence-corrected chi connectivity index (χ2v) is 2.26. The second-order valence-electron chi connectivity index (χ2n) is 2.26. The normalized spacial score (nSPS) is 7.57. The molecular formula is C12H12BrMg-. The van der Waals surface area contributed by atoms with E-state index < -0.39 is 0 Å². The van der Waals surface area contributed by atoms with Crippen molar-refractivity contribution in [3.05, 3.63) is 55.5 Å². The number of halogens is 1. The van der Waals surface area contributed by atoms with Crippen molar-refractivity contribution in [2.24, 2.45) is 0 Å². The molecule has 70 valence electrons. The second kappa shape index (κ2) is 9.50. The van der Waals surface area contributed by atoms with Crippen molar-refractivity contribution in [2.75, 3.05) is 0 Å². The zero-order valence-electron chi connectivity index (χ0n) is 8.33. The Labute approximate surface area is 113 Å². The van der Waals surface area contributed by atoms with E-state index in [9.17, 15) is 0 Å². The van der Waals surface area contributed by atoms with Gasteiger partial charge in [0.05, 0.1) is 0 Å². The van der Waals surface area contributed by atoms with E-state index in [0.717, 1.165) is 0 Å². The average Bonchev–Trinajstić information content (AvgIpc) is 2.21. The fraction of sp³-hybridized carbons (Fsp3) is 0.0833. The van der Waals surface area contributed by atoms with Gasteiger partial charge in [0.15, 0.2) is 0 Å². The standard InChI is InChI=1S/C10H7.C2H5.BrH.Mg/c1-2-6-10-8-4-3-7-9(10)5-1;1-2;;/h1-7H;1H2,2H3;1H;/q2*-1;;+2/p-1. The molecule has 0 aliphatic heterocycles. The summed E-state index contributed by atoms with van der Waals surface area (Å²) in [6.07, 6.45) is 0. The molecule has 0 spiro atoms. The summed E-state index contributed by atoms with van der Waals surface area (Å²) in [5.74, 6) is 0. The van der Waals surface area contributed by atoms with Crippen LogP contribution in [0.3, 0.4) is 0 Å². The fourth-order valence-corrected chi connectivity index (χ4v) is 1.06. The minimum absolute atomic E-state index is 0. The molecular weight excluding hydrogens is 248 g/mol. The smallest absolute Gasteiger partial charge is 1.00 e. The van der Waals surface area contributed by atoms with Gasteiger partial charge in [-0.3, -0.25) is 0 Å². The summed E-state index contributed by atoms with van der Waals surface area (Å²) in [4.78, 5) is 0. The molecule has 0 radical (unpaired) electrons. The summed E-state index contributed by atoms with van der Waals surface area (Å²) in [6, 6.07) is 17.4. The van der Waals surface area contributed by atoms with Crippen LogP contribution in [0.2, 0.25) is 0 Å². The average molecular weight is 260 g/mol. The van der Waals surface area contributed by atoms with Crippen molar-refractivity contribution in [3.8, 4) is 0 Å². The maximum absolute atomic E-state index is 3.25. The van der Waals surface area contributed by atoms with Crippen molar-refractivity contribution >= 4 is 33.8 Å². The van der Waals surface area contributed by atoms with Crippen LogP contribution < -0.4 is 17.0 Å². The third-order valence-corrected chi connectivity index (χ3v) is 1.57. The van der Waals surface area contributed by atoms with E-state index in [1.54, 1.807) is 6.92 Å². The SMILES string of the molecule is [Br-].[CH2-]C.[Mg+2].[c-]1cccc2ccccc12. The van der Waals surface area contributed by atoms with Gasteiger partial charge in [-0.25, -0.2) is 0 Å². The van der Waals surface area contributed by atoms with E-state index in [-0.39, 0.29) is 40.0 Å². The van der Waals surface area contributed by atoms with Crippen LogP contribution in [0.5, 0.6) is 0 Å². The largest absolute Gasteiger partial charge is 2.00 e. The van der Waals surface area contributed by atoms with E-state index in [4.69, 9.17) is 0 Å². The monoisotopic (exact) mass is 259 g/mol. The van der Waals surface area contributed by atoms with Crippen molar-refractivity contribution in [2.45, 2.75) is 6.92 Å². The molecule has 2 heteroatoms. The Morgan fingerprint density at radius 1 is 1.00 bits per heavy atom. The summed E-state index contributed by atoms with van der Waals surface area (Å²) in [5, 5.41) is 2.44. The molecule has 0 fully saturated rings. The molecule has 0 aliphatic carbocycles. The third-order valence-electron chi connectivity index (χ3n) is 1.57. The Bertz CT molecular complexity index is 281. The summed E-state index contributed by atoms with van der Waals surface area (Å²) in [7, 11) is 0. The first kappa shape index (κ1) is 16.4. The minimum atomic E-state index is 0. The number of benzene rings is 2. The van der Waals surface area contributed by atoms with Crippen LogP contribution in [0.25, 0.3) is 10.8 Å². The topological polar surface area (TPSA) is 0 Å². The predicted molar refractivity (Wildman–Crippen MR) is 59.6 cm³/mol. The van der Waals surface area contributed by atoms with Crippen molar-refractivity contribution in [1.29, 1.82) is 0 Å². The van der Waals surface area contributed by atoms with E-state index >= 15 is 0 Å². The molecule has 0 heterocycles. The summed E-state index contributed by atoms with van der Waals surface area (Å²) < 4.78 is 0. The first-order valence-electron chi connectivity index (χ1n) is 4.03. The molecule has 0 aliphatic rings. The van der Waals surface area contributed by atoms with Gasteiger partial charge in [-0.1, -0.05) is 12.1 Å². The van der Waals surface area contributed by atoms with E-state index in [1.165, 1.54) is 10.8 Å². The molecule has 0 atom stereocenters. The first-order valence-corrected chi connectivity index (χ1v) is 4.03. The number of rotatable bonds is 0. The third kappa shape index (κ3) is 4.44. The van der Waals surface area contributed by atoms with Crippen LogP contribution in [0.4, 0.5) is 0 Å². The maximum atomic E-state index is 3.25. The van der Waals surface area contributed by atoms with Gasteiger partial charge in [0, 0.05) is 0 Å². The van der Waals surface area contributed by atoms with E-state index in [0.29, 0.717) is 0 Å². The quantitative estimate of drug-likeness (QED) is 0.466. The molecule has 14 heavy (non-hydrogen) atoms. The molecule has 0 saturated carbocycles. The molecule has 0 unspecified atom stereocenters. The van der Waals surface area contributed by atoms with Gasteiger partial charge in [-0.05, 0) is 0 Å². The molecule has 2 rings (SSSR count). The summed E-state index contributed by atoms with van der Waals surface area (Å²) >= 11 is 0. The van der Waals surface area contributed by atoms with Crippen molar-refractivity contribution in [3.63, 3.8) is 0 Å². The Hall–Kier alpha value is -0.0538. The molecule has 0 nitrogen and oxygen atoms in total.